The van der Waals surface area contributed by atoms with Gasteiger partial charge < -0.3 is 20.5 Å². The summed E-state index contributed by atoms with van der Waals surface area (Å²) >= 11 is 0. The molecule has 0 saturated carbocycles. The maximum Gasteiger partial charge on any atom is 0.431 e. The van der Waals surface area contributed by atoms with Gasteiger partial charge in [0.05, 0.1) is 13.2 Å². The number of nitrogens with two attached hydrogens (primary N) is 1. The Labute approximate surface area is 125 Å². The third kappa shape index (κ3) is 10.1. The van der Waals surface area contributed by atoms with Crippen LogP contribution in [0.25, 0.3) is 0 Å². The van der Waals surface area contributed by atoms with E-state index >= 15 is 0 Å². The molecule has 8 heteroatoms. The molecule has 0 aromatic carbocycles. The van der Waals surface area contributed by atoms with Gasteiger partial charge in [-0.3, -0.25) is 9.63 Å². The Morgan fingerprint density at radius 3 is 2.24 bits per heavy atom. The zero-order valence-electron chi connectivity index (χ0n) is 13.4. The lowest BCUT2D eigenvalue weighted by Crippen LogP contribution is -2.49. The van der Waals surface area contributed by atoms with Crippen molar-refractivity contribution in [3.05, 3.63) is 0 Å². The van der Waals surface area contributed by atoms with Crippen LogP contribution >= 0.6 is 0 Å². The molecule has 0 heterocycles. The maximum absolute atomic E-state index is 11.9. The van der Waals surface area contributed by atoms with Crippen molar-refractivity contribution in [3.8, 4) is 0 Å². The Morgan fingerprint density at radius 2 is 1.71 bits per heavy atom. The Hall–Kier alpha value is -1.38. The number of amides is 2. The van der Waals surface area contributed by atoms with Crippen molar-refractivity contribution in [3.63, 3.8) is 0 Å². The van der Waals surface area contributed by atoms with Gasteiger partial charge in [0.1, 0.15) is 5.60 Å². The first-order valence-corrected chi connectivity index (χ1v) is 6.81. The van der Waals surface area contributed by atoms with Gasteiger partial charge in [-0.05, 0) is 34.6 Å². The summed E-state index contributed by atoms with van der Waals surface area (Å²) in [7, 11) is 0. The average molecular weight is 305 g/mol. The molecule has 0 bridgehead atoms. The molecule has 0 fully saturated rings. The fourth-order valence-electron chi connectivity index (χ4n) is 1.15. The second-order valence-corrected chi connectivity index (χ2v) is 5.87. The fourth-order valence-corrected chi connectivity index (χ4v) is 1.15. The molecule has 8 nitrogen and oxygen atoms in total. The largest absolute Gasteiger partial charge is 0.442 e. The van der Waals surface area contributed by atoms with Crippen LogP contribution in [0.5, 0.6) is 0 Å². The first kappa shape index (κ1) is 19.6. The van der Waals surface area contributed by atoms with Gasteiger partial charge in [-0.2, -0.15) is 5.48 Å². The summed E-state index contributed by atoms with van der Waals surface area (Å²) in [4.78, 5) is 28.4. The molecule has 4 N–H and O–H groups in total. The summed E-state index contributed by atoms with van der Waals surface area (Å²) in [6, 6.07) is 0. The lowest BCUT2D eigenvalue weighted by atomic mass is 10.1. The van der Waals surface area contributed by atoms with Gasteiger partial charge in [0, 0.05) is 13.1 Å². The van der Waals surface area contributed by atoms with E-state index in [0.29, 0.717) is 26.3 Å². The predicted octanol–water partition coefficient (Wildman–Crippen LogP) is 0.313. The van der Waals surface area contributed by atoms with Crippen molar-refractivity contribution in [2.45, 2.75) is 45.8 Å². The van der Waals surface area contributed by atoms with E-state index in [0.717, 1.165) is 0 Å². The number of hydroxylamine groups is 1. The average Bonchev–Trinajstić information content (AvgIpc) is 2.34. The molecule has 0 aliphatic rings. The van der Waals surface area contributed by atoms with E-state index in [2.05, 4.69) is 10.8 Å². The fraction of sp³-hybridized carbons (Fsp3) is 0.846. The topological polar surface area (TPSA) is 112 Å². The molecule has 0 aliphatic heterocycles. The highest BCUT2D eigenvalue weighted by Gasteiger charge is 2.30. The molecule has 0 unspecified atom stereocenters. The Kier molecular flexibility index (Phi) is 8.23. The highest BCUT2D eigenvalue weighted by molar-refractivity contribution is 5.84. The lowest BCUT2D eigenvalue weighted by molar-refractivity contribution is -0.151. The summed E-state index contributed by atoms with van der Waals surface area (Å²) < 4.78 is 10.1. The van der Waals surface area contributed by atoms with E-state index in [1.165, 1.54) is 13.8 Å². The Balaban J connectivity index is 4.05. The second-order valence-electron chi connectivity index (χ2n) is 5.87. The predicted molar refractivity (Wildman–Crippen MR) is 77.4 cm³/mol. The van der Waals surface area contributed by atoms with E-state index in [9.17, 15) is 9.59 Å². The first-order valence-electron chi connectivity index (χ1n) is 6.81. The van der Waals surface area contributed by atoms with Gasteiger partial charge >= 0.3 is 6.09 Å². The number of carbonyl (C=O) groups is 2. The zero-order valence-corrected chi connectivity index (χ0v) is 13.4. The van der Waals surface area contributed by atoms with Crippen molar-refractivity contribution in [2.75, 3.05) is 26.3 Å². The highest BCUT2D eigenvalue weighted by atomic mass is 16.7. The Bertz CT molecular complexity index is 339. The summed E-state index contributed by atoms with van der Waals surface area (Å²) in [5, 5.41) is 2.63. The standard InChI is InChI=1S/C13H27N3O5/c1-12(2,3)20-11(18)16-21-13(4,5)10(17)15-7-9-19-8-6-14/h6-9,14H2,1-5H3,(H,15,17)(H,16,18). The molecular formula is C13H27N3O5. The smallest absolute Gasteiger partial charge is 0.431 e. The van der Waals surface area contributed by atoms with Crippen LogP contribution in [0.2, 0.25) is 0 Å². The minimum absolute atomic E-state index is 0.331. The Morgan fingerprint density at radius 1 is 1.10 bits per heavy atom. The van der Waals surface area contributed by atoms with E-state index < -0.39 is 17.3 Å². The van der Waals surface area contributed by atoms with Crippen LogP contribution in [-0.2, 0) is 19.1 Å². The molecule has 21 heavy (non-hydrogen) atoms. The number of rotatable bonds is 8. The molecule has 2 amide bonds. The quantitative estimate of drug-likeness (QED) is 0.439. The van der Waals surface area contributed by atoms with Crippen LogP contribution in [0.3, 0.4) is 0 Å². The summed E-state index contributed by atoms with van der Waals surface area (Å²) in [6.45, 7) is 9.80. The molecular weight excluding hydrogens is 278 g/mol. The highest BCUT2D eigenvalue weighted by Crippen LogP contribution is 2.09. The van der Waals surface area contributed by atoms with Crippen LogP contribution in [-0.4, -0.2) is 49.5 Å². The maximum atomic E-state index is 11.9. The van der Waals surface area contributed by atoms with Crippen LogP contribution in [0.1, 0.15) is 34.6 Å². The zero-order chi connectivity index (χ0) is 16.5. The lowest BCUT2D eigenvalue weighted by Gasteiger charge is -2.25. The molecule has 0 atom stereocenters. The minimum Gasteiger partial charge on any atom is -0.442 e. The van der Waals surface area contributed by atoms with Gasteiger partial charge in [-0.15, -0.1) is 0 Å². The van der Waals surface area contributed by atoms with Crippen molar-refractivity contribution in [1.29, 1.82) is 0 Å². The van der Waals surface area contributed by atoms with Gasteiger partial charge in [0.25, 0.3) is 5.91 Å². The molecule has 124 valence electrons. The first-order chi connectivity index (χ1) is 9.58. The van der Waals surface area contributed by atoms with Gasteiger partial charge in [-0.25, -0.2) is 4.79 Å². The molecule has 0 radical (unpaired) electrons. The molecule has 0 aromatic heterocycles. The van der Waals surface area contributed by atoms with Crippen LogP contribution in [0, 0.1) is 0 Å². The normalized spacial score (nSPS) is 11.9. The summed E-state index contributed by atoms with van der Waals surface area (Å²) in [5.74, 6) is -0.380. The molecule has 0 spiro atoms. The number of nitrogens with one attached hydrogen (secondary N) is 2. The number of carbonyl (C=O) groups excluding carboxylic acids is 2. The van der Waals surface area contributed by atoms with E-state index in [-0.39, 0.29) is 5.91 Å². The summed E-state index contributed by atoms with van der Waals surface area (Å²) in [6.07, 6.45) is -0.755. The van der Waals surface area contributed by atoms with E-state index in [1.54, 1.807) is 20.8 Å². The van der Waals surface area contributed by atoms with E-state index in [1.807, 2.05) is 0 Å². The monoisotopic (exact) mass is 305 g/mol. The molecule has 0 saturated heterocycles. The third-order valence-corrected chi connectivity index (χ3v) is 2.13. The van der Waals surface area contributed by atoms with Crippen LogP contribution in [0.15, 0.2) is 0 Å². The van der Waals surface area contributed by atoms with Crippen LogP contribution in [0.4, 0.5) is 4.79 Å². The van der Waals surface area contributed by atoms with Crippen molar-refractivity contribution >= 4 is 12.0 Å². The minimum atomic E-state index is -1.23. The van der Waals surface area contributed by atoms with Gasteiger partial charge in [0.2, 0.25) is 0 Å². The number of hydrogen-bond acceptors (Lipinski definition) is 6. The van der Waals surface area contributed by atoms with Crippen molar-refractivity contribution in [1.82, 2.24) is 10.8 Å². The van der Waals surface area contributed by atoms with Gasteiger partial charge in [0.15, 0.2) is 5.60 Å². The SMILES string of the molecule is CC(C)(C)OC(=O)NOC(C)(C)C(=O)NCCOCCN. The number of hydrogen-bond donors (Lipinski definition) is 3. The molecule has 0 rings (SSSR count). The molecule has 0 aliphatic carbocycles. The van der Waals surface area contributed by atoms with E-state index in [4.69, 9.17) is 20.0 Å². The third-order valence-electron chi connectivity index (χ3n) is 2.13. The number of ether oxygens (including phenoxy) is 2. The van der Waals surface area contributed by atoms with Crippen molar-refractivity contribution < 1.29 is 23.9 Å². The second kappa shape index (κ2) is 8.81. The molecule has 0 aromatic rings. The van der Waals surface area contributed by atoms with Crippen LogP contribution < -0.4 is 16.5 Å². The summed E-state index contributed by atoms with van der Waals surface area (Å²) in [5.41, 5.74) is 5.50. The van der Waals surface area contributed by atoms with Gasteiger partial charge in [-0.1, -0.05) is 0 Å². The van der Waals surface area contributed by atoms with Crippen molar-refractivity contribution in [2.24, 2.45) is 5.73 Å².